The average molecular weight is 371 g/mol. The van der Waals surface area contributed by atoms with Gasteiger partial charge in [-0.3, -0.25) is 9.82 Å². The fourth-order valence-electron chi connectivity index (χ4n) is 3.90. The van der Waals surface area contributed by atoms with E-state index in [9.17, 15) is 0 Å². The molecule has 4 bridgehead atoms. The van der Waals surface area contributed by atoms with Crippen LogP contribution >= 0.6 is 0 Å². The molecule has 144 valence electrons. The summed E-state index contributed by atoms with van der Waals surface area (Å²) in [5.74, 6) is 2.09. The van der Waals surface area contributed by atoms with Gasteiger partial charge in [0.25, 0.3) is 0 Å². The fraction of sp³-hybridized carbons (Fsp3) is 0.474. The highest BCUT2D eigenvalue weighted by molar-refractivity contribution is 5.73. The van der Waals surface area contributed by atoms with Crippen LogP contribution in [0.5, 0.6) is 11.5 Å². The van der Waals surface area contributed by atoms with Crippen LogP contribution < -0.4 is 20.4 Å². The van der Waals surface area contributed by atoms with Gasteiger partial charge in [-0.15, -0.1) is 5.59 Å². The molecule has 4 unspecified atom stereocenters. The molecule has 3 aliphatic heterocycles. The second-order valence-electron chi connectivity index (χ2n) is 6.76. The highest BCUT2D eigenvalue weighted by Gasteiger charge is 2.52. The standard InChI is InChI=1S/C13H15N3O2.C6H10N2O/c1-14-13-12(15-6-7-16-13)9-4-5-10(17-2)11(8-9)18-3;1-2-6-5-3-4(1)8(5)7-9-6/h4-8H,1-3H3,(H,14,16);4-7H,1-3H2. The Labute approximate surface area is 158 Å². The van der Waals surface area contributed by atoms with Crippen molar-refractivity contribution >= 4 is 5.82 Å². The number of ether oxygens (including phenoxy) is 2. The smallest absolute Gasteiger partial charge is 0.161 e. The topological polar surface area (TPSA) is 80.8 Å². The first kappa shape index (κ1) is 18.0. The van der Waals surface area contributed by atoms with Gasteiger partial charge in [0.2, 0.25) is 0 Å². The normalized spacial score (nSPS) is 27.1. The van der Waals surface area contributed by atoms with Crippen molar-refractivity contribution in [1.82, 2.24) is 20.6 Å². The summed E-state index contributed by atoms with van der Waals surface area (Å²) in [6.45, 7) is 0. The second kappa shape index (κ2) is 7.67. The first-order chi connectivity index (χ1) is 13.2. The SMILES string of the molecule is C1CC2CC3C1ONN23.CNc1nccnc1-c1ccc(OC)c(OC)c1. The molecule has 8 nitrogen and oxygen atoms in total. The van der Waals surface area contributed by atoms with E-state index in [-0.39, 0.29) is 0 Å². The molecule has 1 saturated carbocycles. The zero-order valence-corrected chi connectivity index (χ0v) is 15.8. The van der Waals surface area contributed by atoms with Crippen molar-refractivity contribution in [2.24, 2.45) is 0 Å². The average Bonchev–Trinajstić information content (AvgIpc) is 2.95. The molecule has 0 amide bonds. The van der Waals surface area contributed by atoms with E-state index in [4.69, 9.17) is 14.3 Å². The first-order valence-corrected chi connectivity index (χ1v) is 9.16. The predicted molar refractivity (Wildman–Crippen MR) is 101 cm³/mol. The Morgan fingerprint density at radius 1 is 1.15 bits per heavy atom. The number of nitrogens with one attached hydrogen (secondary N) is 2. The number of anilines is 1. The third-order valence-corrected chi connectivity index (χ3v) is 5.38. The van der Waals surface area contributed by atoms with Crippen LogP contribution in [0.25, 0.3) is 11.3 Å². The molecule has 3 saturated heterocycles. The molecule has 27 heavy (non-hydrogen) atoms. The van der Waals surface area contributed by atoms with Gasteiger partial charge in [-0.25, -0.2) is 9.99 Å². The number of aromatic nitrogens is 2. The third kappa shape index (κ3) is 3.31. The van der Waals surface area contributed by atoms with Gasteiger partial charge in [-0.05, 0) is 37.5 Å². The summed E-state index contributed by atoms with van der Waals surface area (Å²) in [5.41, 5.74) is 4.65. The number of hydrogen-bond donors (Lipinski definition) is 2. The number of nitrogens with zero attached hydrogens (tertiary/aromatic N) is 3. The third-order valence-electron chi connectivity index (χ3n) is 5.38. The Bertz CT molecular complexity index is 784. The molecule has 4 aliphatic rings. The monoisotopic (exact) mass is 371 g/mol. The number of hydrogen-bond acceptors (Lipinski definition) is 8. The maximum absolute atomic E-state index is 5.31. The Morgan fingerprint density at radius 3 is 2.63 bits per heavy atom. The number of hydrazine groups is 1. The molecular formula is C19H25N5O3. The molecular weight excluding hydrogens is 346 g/mol. The number of fused-ring (bicyclic) bond motifs is 1. The van der Waals surface area contributed by atoms with E-state index in [0.29, 0.717) is 17.6 Å². The molecule has 0 spiro atoms. The van der Waals surface area contributed by atoms with E-state index < -0.39 is 0 Å². The van der Waals surface area contributed by atoms with Gasteiger partial charge in [0.1, 0.15) is 5.69 Å². The first-order valence-electron chi connectivity index (χ1n) is 9.16. The molecule has 6 rings (SSSR count). The molecule has 1 aromatic carbocycles. The van der Waals surface area contributed by atoms with Crippen LogP contribution in [0.4, 0.5) is 5.82 Å². The maximum Gasteiger partial charge on any atom is 0.161 e. The van der Waals surface area contributed by atoms with Crippen LogP contribution in [0.3, 0.4) is 0 Å². The minimum Gasteiger partial charge on any atom is -0.493 e. The number of piperidine rings is 1. The molecule has 1 aliphatic carbocycles. The Kier molecular flexibility index (Phi) is 5.11. The van der Waals surface area contributed by atoms with Crippen LogP contribution in [0.2, 0.25) is 0 Å². The van der Waals surface area contributed by atoms with Crippen molar-refractivity contribution in [3.05, 3.63) is 30.6 Å². The number of rotatable bonds is 4. The molecule has 4 heterocycles. The van der Waals surface area contributed by atoms with E-state index in [1.54, 1.807) is 26.6 Å². The zero-order chi connectivity index (χ0) is 18.8. The molecule has 8 heteroatoms. The van der Waals surface area contributed by atoms with Crippen LogP contribution in [-0.4, -0.2) is 54.4 Å². The Balaban J connectivity index is 0.000000163. The van der Waals surface area contributed by atoms with Crippen LogP contribution in [0.15, 0.2) is 30.6 Å². The minimum absolute atomic E-state index is 0.509. The lowest BCUT2D eigenvalue weighted by Gasteiger charge is -2.47. The van der Waals surface area contributed by atoms with Gasteiger partial charge in [0.15, 0.2) is 17.3 Å². The molecule has 4 fully saturated rings. The summed E-state index contributed by atoms with van der Waals surface area (Å²) in [6, 6.07) is 7.18. The van der Waals surface area contributed by atoms with E-state index in [1.165, 1.54) is 19.3 Å². The van der Waals surface area contributed by atoms with E-state index in [0.717, 1.165) is 29.2 Å². The Hall–Kier alpha value is -2.42. The van der Waals surface area contributed by atoms with Crippen LogP contribution in [0, 0.1) is 0 Å². The molecule has 4 atom stereocenters. The van der Waals surface area contributed by atoms with Crippen molar-refractivity contribution in [3.63, 3.8) is 0 Å². The van der Waals surface area contributed by atoms with Gasteiger partial charge in [-0.2, -0.15) is 0 Å². The molecule has 1 aromatic heterocycles. The Morgan fingerprint density at radius 2 is 1.96 bits per heavy atom. The van der Waals surface area contributed by atoms with Crippen molar-refractivity contribution in [2.45, 2.75) is 37.5 Å². The minimum atomic E-state index is 0.509. The summed E-state index contributed by atoms with van der Waals surface area (Å²) in [7, 11) is 5.03. The lowest BCUT2D eigenvalue weighted by molar-refractivity contribution is -0.0500. The summed E-state index contributed by atoms with van der Waals surface area (Å²) in [4.78, 5) is 13.9. The van der Waals surface area contributed by atoms with Gasteiger partial charge in [-0.1, -0.05) is 0 Å². The van der Waals surface area contributed by atoms with E-state index in [1.807, 2.05) is 25.2 Å². The van der Waals surface area contributed by atoms with E-state index in [2.05, 4.69) is 25.9 Å². The van der Waals surface area contributed by atoms with Crippen LogP contribution in [0.1, 0.15) is 19.3 Å². The summed E-state index contributed by atoms with van der Waals surface area (Å²) in [5, 5.41) is 5.27. The zero-order valence-electron chi connectivity index (χ0n) is 15.8. The van der Waals surface area contributed by atoms with Gasteiger partial charge < -0.3 is 14.8 Å². The van der Waals surface area contributed by atoms with Crippen LogP contribution in [-0.2, 0) is 4.84 Å². The highest BCUT2D eigenvalue weighted by atomic mass is 16.7. The van der Waals surface area contributed by atoms with Gasteiger partial charge >= 0.3 is 0 Å². The maximum atomic E-state index is 5.31. The molecule has 0 radical (unpaired) electrons. The number of benzene rings is 1. The summed E-state index contributed by atoms with van der Waals surface area (Å²) < 4.78 is 10.5. The summed E-state index contributed by atoms with van der Waals surface area (Å²) in [6.07, 6.45) is 7.77. The predicted octanol–water partition coefficient (Wildman–Crippen LogP) is 2.24. The fourth-order valence-corrected chi connectivity index (χ4v) is 3.90. The van der Waals surface area contributed by atoms with Crippen molar-refractivity contribution in [2.75, 3.05) is 26.6 Å². The van der Waals surface area contributed by atoms with Gasteiger partial charge in [0, 0.05) is 31.0 Å². The summed E-state index contributed by atoms with van der Waals surface area (Å²) >= 11 is 0. The van der Waals surface area contributed by atoms with Crippen molar-refractivity contribution < 1.29 is 14.3 Å². The van der Waals surface area contributed by atoms with Crippen molar-refractivity contribution in [1.29, 1.82) is 0 Å². The molecule has 2 N–H and O–H groups in total. The highest BCUT2D eigenvalue weighted by Crippen LogP contribution is 2.41. The lowest BCUT2D eigenvalue weighted by atomic mass is 9.80. The number of methoxy groups -OCH3 is 2. The quantitative estimate of drug-likeness (QED) is 0.847. The largest absolute Gasteiger partial charge is 0.493 e. The van der Waals surface area contributed by atoms with Gasteiger partial charge in [0.05, 0.1) is 26.4 Å². The van der Waals surface area contributed by atoms with E-state index >= 15 is 0 Å². The molecule has 2 aromatic rings. The second-order valence-corrected chi connectivity index (χ2v) is 6.76. The van der Waals surface area contributed by atoms with Crippen molar-refractivity contribution in [3.8, 4) is 22.8 Å². The lowest BCUT2D eigenvalue weighted by Crippen LogP contribution is -2.61.